The van der Waals surface area contributed by atoms with Gasteiger partial charge in [-0.3, -0.25) is 14.5 Å². The quantitative estimate of drug-likeness (QED) is 0.830. The Morgan fingerprint density at radius 2 is 2.26 bits per heavy atom. The van der Waals surface area contributed by atoms with Crippen molar-refractivity contribution >= 4 is 11.9 Å². The highest BCUT2D eigenvalue weighted by Crippen LogP contribution is 2.19. The van der Waals surface area contributed by atoms with Crippen molar-refractivity contribution in [2.24, 2.45) is 5.92 Å². The van der Waals surface area contributed by atoms with Gasteiger partial charge in [0, 0.05) is 13.1 Å². The first-order valence-corrected chi connectivity index (χ1v) is 7.88. The van der Waals surface area contributed by atoms with E-state index in [2.05, 4.69) is 5.32 Å². The molecule has 1 aromatic carbocycles. The number of carboxylic acid groups (broad SMARTS) is 1. The fraction of sp³-hybridized carbons (Fsp3) is 0.529. The maximum Gasteiger partial charge on any atom is 0.307 e. The summed E-state index contributed by atoms with van der Waals surface area (Å²) in [6.07, 6.45) is 1.49. The van der Waals surface area contributed by atoms with Gasteiger partial charge in [0.2, 0.25) is 5.91 Å². The molecule has 0 bridgehead atoms. The monoisotopic (exact) mass is 320 g/mol. The van der Waals surface area contributed by atoms with Crippen LogP contribution in [0.5, 0.6) is 5.75 Å². The first-order chi connectivity index (χ1) is 11.0. The lowest BCUT2D eigenvalue weighted by Crippen LogP contribution is -2.50. The second-order valence-electron chi connectivity index (χ2n) is 5.92. The number of nitrogens with one attached hydrogen (secondary N) is 1. The summed E-state index contributed by atoms with van der Waals surface area (Å²) in [6.45, 7) is 3.45. The van der Waals surface area contributed by atoms with Crippen LogP contribution >= 0.6 is 0 Å². The molecule has 6 heteroatoms. The van der Waals surface area contributed by atoms with Crippen LogP contribution in [0, 0.1) is 5.92 Å². The van der Waals surface area contributed by atoms with Crippen LogP contribution in [0.3, 0.4) is 0 Å². The summed E-state index contributed by atoms with van der Waals surface area (Å²) in [6, 6.07) is 7.21. The maximum atomic E-state index is 12.3. The number of methoxy groups -OCH3 is 1. The lowest BCUT2D eigenvalue weighted by molar-refractivity contribution is -0.145. The Morgan fingerprint density at radius 3 is 2.96 bits per heavy atom. The molecule has 126 valence electrons. The van der Waals surface area contributed by atoms with Crippen molar-refractivity contribution in [2.45, 2.75) is 32.4 Å². The number of ether oxygens (including phenoxy) is 1. The van der Waals surface area contributed by atoms with Crippen molar-refractivity contribution in [2.75, 3.05) is 20.2 Å². The van der Waals surface area contributed by atoms with Crippen LogP contribution in [0.15, 0.2) is 24.3 Å². The number of amides is 1. The van der Waals surface area contributed by atoms with Crippen molar-refractivity contribution in [1.29, 1.82) is 0 Å². The first-order valence-electron chi connectivity index (χ1n) is 7.88. The lowest BCUT2D eigenvalue weighted by Gasteiger charge is -2.34. The van der Waals surface area contributed by atoms with Gasteiger partial charge >= 0.3 is 5.97 Å². The normalized spacial score (nSPS) is 19.8. The number of aliphatic carboxylic acids is 1. The van der Waals surface area contributed by atoms with Gasteiger partial charge in [0.25, 0.3) is 0 Å². The molecule has 1 amide bonds. The van der Waals surface area contributed by atoms with E-state index in [0.717, 1.165) is 24.3 Å². The summed E-state index contributed by atoms with van der Waals surface area (Å²) in [7, 11) is 1.61. The first kappa shape index (κ1) is 17.3. The molecule has 23 heavy (non-hydrogen) atoms. The largest absolute Gasteiger partial charge is 0.497 e. The minimum atomic E-state index is -0.779. The van der Waals surface area contributed by atoms with Gasteiger partial charge in [0.1, 0.15) is 5.75 Å². The van der Waals surface area contributed by atoms with E-state index >= 15 is 0 Å². The van der Waals surface area contributed by atoms with E-state index in [9.17, 15) is 9.59 Å². The highest BCUT2D eigenvalue weighted by Gasteiger charge is 2.30. The Labute approximate surface area is 136 Å². The van der Waals surface area contributed by atoms with E-state index < -0.39 is 5.97 Å². The van der Waals surface area contributed by atoms with Crippen LogP contribution in [-0.4, -0.2) is 48.1 Å². The topological polar surface area (TPSA) is 78.9 Å². The van der Waals surface area contributed by atoms with E-state index in [4.69, 9.17) is 9.84 Å². The van der Waals surface area contributed by atoms with Crippen molar-refractivity contribution in [3.05, 3.63) is 29.8 Å². The van der Waals surface area contributed by atoms with Crippen molar-refractivity contribution in [1.82, 2.24) is 10.2 Å². The number of carbonyl (C=O) groups is 2. The van der Waals surface area contributed by atoms with Gasteiger partial charge in [0.05, 0.1) is 19.1 Å². The second kappa shape index (κ2) is 7.97. The molecule has 1 aliphatic rings. The van der Waals surface area contributed by atoms with Gasteiger partial charge in [-0.15, -0.1) is 0 Å². The SMILES string of the molecule is COc1cccc(CNC(=O)C(C)N2CCCC(C(=O)O)C2)c1. The van der Waals surface area contributed by atoms with Crippen molar-refractivity contribution in [3.8, 4) is 5.75 Å². The van der Waals surface area contributed by atoms with E-state index in [1.807, 2.05) is 36.1 Å². The number of benzene rings is 1. The maximum absolute atomic E-state index is 12.3. The summed E-state index contributed by atoms with van der Waals surface area (Å²) in [5.41, 5.74) is 0.965. The number of nitrogens with zero attached hydrogens (tertiary/aromatic N) is 1. The molecule has 0 aromatic heterocycles. The summed E-state index contributed by atoms with van der Waals surface area (Å²) in [5, 5.41) is 12.0. The molecular formula is C17H24N2O4. The molecule has 0 spiro atoms. The van der Waals surface area contributed by atoms with Gasteiger partial charge in [0.15, 0.2) is 0 Å². The molecule has 0 aliphatic carbocycles. The molecule has 1 aromatic rings. The number of carbonyl (C=O) groups excluding carboxylic acids is 1. The Morgan fingerprint density at radius 1 is 1.48 bits per heavy atom. The van der Waals surface area contributed by atoms with Crippen LogP contribution in [0.2, 0.25) is 0 Å². The van der Waals surface area contributed by atoms with Gasteiger partial charge in [-0.05, 0) is 44.0 Å². The molecule has 1 saturated heterocycles. The van der Waals surface area contributed by atoms with Crippen LogP contribution in [0.1, 0.15) is 25.3 Å². The standard InChI is InChI=1S/C17H24N2O4/c1-12(19-8-4-6-14(11-19)17(21)22)16(20)18-10-13-5-3-7-15(9-13)23-2/h3,5,7,9,12,14H,4,6,8,10-11H2,1-2H3,(H,18,20)(H,21,22). The summed E-state index contributed by atoms with van der Waals surface area (Å²) in [5.74, 6) is -0.486. The lowest BCUT2D eigenvalue weighted by atomic mass is 9.97. The predicted molar refractivity (Wildman–Crippen MR) is 86.2 cm³/mol. The number of hydrogen-bond acceptors (Lipinski definition) is 4. The minimum Gasteiger partial charge on any atom is -0.497 e. The third-order valence-electron chi connectivity index (χ3n) is 4.33. The molecule has 1 heterocycles. The van der Waals surface area contributed by atoms with Crippen molar-refractivity contribution < 1.29 is 19.4 Å². The zero-order valence-corrected chi connectivity index (χ0v) is 13.6. The summed E-state index contributed by atoms with van der Waals surface area (Å²) < 4.78 is 5.16. The molecule has 1 aliphatic heterocycles. The van der Waals surface area contributed by atoms with Crippen LogP contribution in [0.4, 0.5) is 0 Å². The number of likely N-dealkylation sites (tertiary alicyclic amines) is 1. The van der Waals surface area contributed by atoms with Crippen molar-refractivity contribution in [3.63, 3.8) is 0 Å². The highest BCUT2D eigenvalue weighted by molar-refractivity contribution is 5.81. The molecule has 2 unspecified atom stereocenters. The zero-order valence-electron chi connectivity index (χ0n) is 13.6. The number of piperidine rings is 1. The third kappa shape index (κ3) is 4.69. The van der Waals surface area contributed by atoms with E-state index in [1.54, 1.807) is 7.11 Å². The average Bonchev–Trinajstić information content (AvgIpc) is 2.59. The number of rotatable bonds is 6. The molecule has 2 N–H and O–H groups in total. The Hall–Kier alpha value is -2.08. The predicted octanol–water partition coefficient (Wildman–Crippen LogP) is 1.50. The molecule has 2 atom stereocenters. The van der Waals surface area contributed by atoms with Crippen LogP contribution < -0.4 is 10.1 Å². The number of carboxylic acids is 1. The van der Waals surface area contributed by atoms with Gasteiger partial charge < -0.3 is 15.2 Å². The fourth-order valence-electron chi connectivity index (χ4n) is 2.84. The zero-order chi connectivity index (χ0) is 16.8. The van der Waals surface area contributed by atoms with Gasteiger partial charge in [-0.2, -0.15) is 0 Å². The van der Waals surface area contributed by atoms with Crippen LogP contribution in [-0.2, 0) is 16.1 Å². The Bertz CT molecular complexity index is 561. The molecular weight excluding hydrogens is 296 g/mol. The highest BCUT2D eigenvalue weighted by atomic mass is 16.5. The second-order valence-corrected chi connectivity index (χ2v) is 5.92. The Balaban J connectivity index is 1.88. The average molecular weight is 320 g/mol. The summed E-state index contributed by atoms with van der Waals surface area (Å²) >= 11 is 0. The van der Waals surface area contributed by atoms with Gasteiger partial charge in [-0.1, -0.05) is 12.1 Å². The minimum absolute atomic E-state index is 0.0844. The molecule has 1 fully saturated rings. The number of hydrogen-bond donors (Lipinski definition) is 2. The summed E-state index contributed by atoms with van der Waals surface area (Å²) in [4.78, 5) is 25.4. The molecule has 0 saturated carbocycles. The van der Waals surface area contributed by atoms with E-state index in [0.29, 0.717) is 19.5 Å². The smallest absolute Gasteiger partial charge is 0.307 e. The van der Waals surface area contributed by atoms with Gasteiger partial charge in [-0.25, -0.2) is 0 Å². The molecule has 0 radical (unpaired) electrons. The molecule has 6 nitrogen and oxygen atoms in total. The molecule has 2 rings (SSSR count). The fourth-order valence-corrected chi connectivity index (χ4v) is 2.84. The third-order valence-corrected chi connectivity index (χ3v) is 4.33. The van der Waals surface area contributed by atoms with Crippen LogP contribution in [0.25, 0.3) is 0 Å². The van der Waals surface area contributed by atoms with E-state index in [-0.39, 0.29) is 17.9 Å². The van der Waals surface area contributed by atoms with E-state index in [1.165, 1.54) is 0 Å². The Kier molecular flexibility index (Phi) is 5.98.